The second-order valence-corrected chi connectivity index (χ2v) is 4.67. The lowest BCUT2D eigenvalue weighted by Crippen LogP contribution is -2.39. The zero-order valence-electron chi connectivity index (χ0n) is 11.0. The highest BCUT2D eigenvalue weighted by atomic mass is 19.1. The van der Waals surface area contributed by atoms with E-state index in [0.29, 0.717) is 6.54 Å². The van der Waals surface area contributed by atoms with Gasteiger partial charge in [-0.1, -0.05) is 12.1 Å². The zero-order chi connectivity index (χ0) is 14.0. The van der Waals surface area contributed by atoms with Gasteiger partial charge in [0.05, 0.1) is 12.5 Å². The fourth-order valence-corrected chi connectivity index (χ4v) is 2.30. The molecule has 0 aromatic heterocycles. The SMILES string of the molecule is CCN1C(=O)CC(NC(C)c2ccc(F)cc2)C1=O. The summed E-state index contributed by atoms with van der Waals surface area (Å²) in [5.74, 6) is -0.613. The number of carbonyl (C=O) groups is 2. The molecular weight excluding hydrogens is 247 g/mol. The number of nitrogens with one attached hydrogen (secondary N) is 1. The second-order valence-electron chi connectivity index (χ2n) is 4.67. The quantitative estimate of drug-likeness (QED) is 0.841. The van der Waals surface area contributed by atoms with Crippen molar-refractivity contribution < 1.29 is 14.0 Å². The molecule has 2 amide bonds. The Hall–Kier alpha value is -1.75. The highest BCUT2D eigenvalue weighted by Gasteiger charge is 2.37. The molecule has 1 N–H and O–H groups in total. The Labute approximate surface area is 111 Å². The molecule has 2 atom stereocenters. The van der Waals surface area contributed by atoms with Crippen molar-refractivity contribution in [1.29, 1.82) is 0 Å². The number of carbonyl (C=O) groups excluding carboxylic acids is 2. The summed E-state index contributed by atoms with van der Waals surface area (Å²) in [6, 6.07) is 5.52. The van der Waals surface area contributed by atoms with Crippen LogP contribution < -0.4 is 5.32 Å². The summed E-state index contributed by atoms with van der Waals surface area (Å²) in [4.78, 5) is 24.8. The van der Waals surface area contributed by atoms with Gasteiger partial charge in [0.25, 0.3) is 0 Å². The van der Waals surface area contributed by atoms with Gasteiger partial charge in [-0.15, -0.1) is 0 Å². The standard InChI is InChI=1S/C14H17FN2O2/c1-3-17-13(18)8-12(14(17)19)16-9(2)10-4-6-11(15)7-5-10/h4-7,9,12,16H,3,8H2,1-2H3. The molecule has 1 fully saturated rings. The lowest BCUT2D eigenvalue weighted by atomic mass is 10.1. The van der Waals surface area contributed by atoms with Crippen LogP contribution in [0, 0.1) is 5.82 Å². The number of likely N-dealkylation sites (tertiary alicyclic amines) is 1. The van der Waals surface area contributed by atoms with E-state index in [9.17, 15) is 14.0 Å². The fourth-order valence-electron chi connectivity index (χ4n) is 2.30. The number of rotatable bonds is 4. The van der Waals surface area contributed by atoms with Crippen molar-refractivity contribution >= 4 is 11.8 Å². The third-order valence-corrected chi connectivity index (χ3v) is 3.38. The van der Waals surface area contributed by atoms with Crippen LogP contribution in [-0.4, -0.2) is 29.3 Å². The summed E-state index contributed by atoms with van der Waals surface area (Å²) < 4.78 is 12.8. The van der Waals surface area contributed by atoms with Gasteiger partial charge in [-0.3, -0.25) is 19.8 Å². The average molecular weight is 264 g/mol. The van der Waals surface area contributed by atoms with Crippen molar-refractivity contribution in [3.63, 3.8) is 0 Å². The van der Waals surface area contributed by atoms with E-state index in [-0.39, 0.29) is 30.1 Å². The van der Waals surface area contributed by atoms with E-state index in [0.717, 1.165) is 5.56 Å². The summed E-state index contributed by atoms with van der Waals surface area (Å²) >= 11 is 0. The molecule has 0 saturated carbocycles. The smallest absolute Gasteiger partial charge is 0.246 e. The van der Waals surface area contributed by atoms with Crippen LogP contribution in [0.4, 0.5) is 4.39 Å². The highest BCUT2D eigenvalue weighted by molar-refractivity contribution is 6.05. The molecule has 0 aliphatic carbocycles. The first-order valence-electron chi connectivity index (χ1n) is 6.38. The van der Waals surface area contributed by atoms with Crippen molar-refractivity contribution in [1.82, 2.24) is 10.2 Å². The Bertz CT molecular complexity index is 487. The Balaban J connectivity index is 2.04. The van der Waals surface area contributed by atoms with Crippen LogP contribution in [0.3, 0.4) is 0 Å². The van der Waals surface area contributed by atoms with E-state index in [4.69, 9.17) is 0 Å². The maximum absolute atomic E-state index is 12.8. The molecule has 19 heavy (non-hydrogen) atoms. The molecule has 0 bridgehead atoms. The number of amides is 2. The average Bonchev–Trinajstić information content (AvgIpc) is 2.64. The molecule has 5 heteroatoms. The van der Waals surface area contributed by atoms with Crippen LogP contribution in [0.5, 0.6) is 0 Å². The largest absolute Gasteiger partial charge is 0.299 e. The topological polar surface area (TPSA) is 49.4 Å². The van der Waals surface area contributed by atoms with Crippen LogP contribution in [0.1, 0.15) is 31.9 Å². The number of halogens is 1. The molecule has 1 heterocycles. The van der Waals surface area contributed by atoms with E-state index in [1.807, 2.05) is 6.92 Å². The van der Waals surface area contributed by atoms with E-state index in [1.54, 1.807) is 19.1 Å². The first-order chi connectivity index (χ1) is 9.02. The van der Waals surface area contributed by atoms with Crippen LogP contribution in [-0.2, 0) is 9.59 Å². The van der Waals surface area contributed by atoms with Gasteiger partial charge in [0.15, 0.2) is 0 Å². The molecule has 2 unspecified atom stereocenters. The van der Waals surface area contributed by atoms with Gasteiger partial charge in [-0.2, -0.15) is 0 Å². The van der Waals surface area contributed by atoms with E-state index in [1.165, 1.54) is 17.0 Å². The summed E-state index contributed by atoms with van der Waals surface area (Å²) in [6.07, 6.45) is 0.193. The first kappa shape index (κ1) is 13.7. The molecular formula is C14H17FN2O2. The van der Waals surface area contributed by atoms with Crippen molar-refractivity contribution in [2.24, 2.45) is 0 Å². The van der Waals surface area contributed by atoms with Crippen LogP contribution in [0.2, 0.25) is 0 Å². The third-order valence-electron chi connectivity index (χ3n) is 3.38. The van der Waals surface area contributed by atoms with Gasteiger partial charge in [0.1, 0.15) is 5.82 Å². The normalized spacial score (nSPS) is 21.0. The lowest BCUT2D eigenvalue weighted by molar-refractivity contribution is -0.138. The molecule has 102 valence electrons. The number of hydrogen-bond acceptors (Lipinski definition) is 3. The summed E-state index contributed by atoms with van der Waals surface area (Å²) in [5, 5.41) is 3.12. The highest BCUT2D eigenvalue weighted by Crippen LogP contribution is 2.18. The molecule has 0 radical (unpaired) electrons. The number of benzene rings is 1. The predicted molar refractivity (Wildman–Crippen MR) is 68.7 cm³/mol. The number of nitrogens with zero attached hydrogens (tertiary/aromatic N) is 1. The van der Waals surface area contributed by atoms with Crippen LogP contribution >= 0.6 is 0 Å². The van der Waals surface area contributed by atoms with Crippen LogP contribution in [0.15, 0.2) is 24.3 Å². The maximum atomic E-state index is 12.8. The molecule has 1 aliphatic heterocycles. The fraction of sp³-hybridized carbons (Fsp3) is 0.429. The molecule has 1 saturated heterocycles. The van der Waals surface area contributed by atoms with Gasteiger partial charge in [-0.05, 0) is 31.5 Å². The Kier molecular flexibility index (Phi) is 3.95. The number of likely N-dealkylation sites (N-methyl/N-ethyl adjacent to an activating group) is 1. The Morgan fingerprint density at radius 2 is 2.00 bits per heavy atom. The summed E-state index contributed by atoms with van der Waals surface area (Å²) in [6.45, 7) is 4.07. The number of hydrogen-bond donors (Lipinski definition) is 1. The Morgan fingerprint density at radius 1 is 1.37 bits per heavy atom. The van der Waals surface area contributed by atoms with Gasteiger partial charge < -0.3 is 0 Å². The van der Waals surface area contributed by atoms with E-state index < -0.39 is 6.04 Å². The molecule has 1 aliphatic rings. The van der Waals surface area contributed by atoms with Gasteiger partial charge in [0.2, 0.25) is 11.8 Å². The predicted octanol–water partition coefficient (Wildman–Crippen LogP) is 1.62. The lowest BCUT2D eigenvalue weighted by Gasteiger charge is -2.18. The van der Waals surface area contributed by atoms with Gasteiger partial charge in [-0.25, -0.2) is 4.39 Å². The van der Waals surface area contributed by atoms with Crippen molar-refractivity contribution in [3.8, 4) is 0 Å². The first-order valence-corrected chi connectivity index (χ1v) is 6.38. The summed E-state index contributed by atoms with van der Waals surface area (Å²) in [7, 11) is 0. The molecule has 4 nitrogen and oxygen atoms in total. The van der Waals surface area contributed by atoms with Crippen LogP contribution in [0.25, 0.3) is 0 Å². The zero-order valence-corrected chi connectivity index (χ0v) is 11.0. The summed E-state index contributed by atoms with van der Waals surface area (Å²) in [5.41, 5.74) is 0.886. The minimum atomic E-state index is -0.479. The van der Waals surface area contributed by atoms with Gasteiger partial charge in [0, 0.05) is 12.6 Å². The number of imide groups is 1. The van der Waals surface area contributed by atoms with Crippen molar-refractivity contribution in [2.75, 3.05) is 6.54 Å². The molecule has 0 spiro atoms. The maximum Gasteiger partial charge on any atom is 0.246 e. The minimum Gasteiger partial charge on any atom is -0.299 e. The second kappa shape index (κ2) is 5.48. The Morgan fingerprint density at radius 3 is 2.53 bits per heavy atom. The minimum absolute atomic E-state index is 0.112. The van der Waals surface area contributed by atoms with E-state index >= 15 is 0 Å². The van der Waals surface area contributed by atoms with E-state index in [2.05, 4.69) is 5.32 Å². The monoisotopic (exact) mass is 264 g/mol. The molecule has 2 rings (SSSR count). The van der Waals surface area contributed by atoms with Crippen molar-refractivity contribution in [3.05, 3.63) is 35.6 Å². The molecule has 1 aromatic rings. The third kappa shape index (κ3) is 2.81. The molecule has 1 aromatic carbocycles. The van der Waals surface area contributed by atoms with Gasteiger partial charge >= 0.3 is 0 Å². The van der Waals surface area contributed by atoms with Crippen molar-refractivity contribution in [2.45, 2.75) is 32.4 Å².